The summed E-state index contributed by atoms with van der Waals surface area (Å²) in [6.07, 6.45) is 73.1. The lowest BCUT2D eigenvalue weighted by Gasteiger charge is -2.15. The first-order valence-corrected chi connectivity index (χ1v) is 24.1. The topological polar surface area (TPSA) is 72.8 Å². The molecule has 0 aromatic heterocycles. The monoisotopic (exact) mass is 829 g/mol. The Morgan fingerprint density at radius 2 is 0.700 bits per heavy atom. The third kappa shape index (κ3) is 47.0. The second-order valence-electron chi connectivity index (χ2n) is 15.4. The van der Waals surface area contributed by atoms with E-state index in [2.05, 4.69) is 123 Å². The molecule has 0 spiro atoms. The Balaban J connectivity index is 3.56. The van der Waals surface area contributed by atoms with Gasteiger partial charge in [-0.25, -0.2) is 0 Å². The van der Waals surface area contributed by atoms with Crippen LogP contribution in [0.1, 0.15) is 194 Å². The number of rotatable bonds is 42. The summed E-state index contributed by atoms with van der Waals surface area (Å²) in [4.78, 5) is 24.3. The Morgan fingerprint density at radius 1 is 0.383 bits per heavy atom. The maximum absolute atomic E-state index is 12.2. The lowest BCUT2D eigenvalue weighted by molar-refractivity contribution is -0.161. The number of aliphatic hydroxyl groups excluding tert-OH is 1. The van der Waals surface area contributed by atoms with Gasteiger partial charge in [0.2, 0.25) is 0 Å². The van der Waals surface area contributed by atoms with E-state index in [-0.39, 0.29) is 31.6 Å². The lowest BCUT2D eigenvalue weighted by atomic mass is 10.0. The molecule has 5 nitrogen and oxygen atoms in total. The lowest BCUT2D eigenvalue weighted by Crippen LogP contribution is -2.28. The van der Waals surface area contributed by atoms with Crippen LogP contribution in [0.4, 0.5) is 0 Å². The molecule has 338 valence electrons. The van der Waals surface area contributed by atoms with Crippen molar-refractivity contribution in [1.82, 2.24) is 0 Å². The molecule has 0 aliphatic heterocycles. The molecule has 1 unspecified atom stereocenters. The van der Waals surface area contributed by atoms with Gasteiger partial charge in [-0.15, -0.1) is 0 Å². The third-order valence-corrected chi connectivity index (χ3v) is 9.76. The molecule has 1 atom stereocenters. The molecule has 0 radical (unpaired) electrons. The van der Waals surface area contributed by atoms with Gasteiger partial charge in [0.25, 0.3) is 0 Å². The predicted molar refractivity (Wildman–Crippen MR) is 260 cm³/mol. The summed E-state index contributed by atoms with van der Waals surface area (Å²) in [5, 5.41) is 9.58. The van der Waals surface area contributed by atoms with E-state index in [1.807, 2.05) is 12.2 Å². The van der Waals surface area contributed by atoms with Crippen LogP contribution >= 0.6 is 0 Å². The second kappa shape index (κ2) is 49.7. The standard InChI is InChI=1S/C55H88O5/c1-3-5-7-9-11-13-15-17-18-19-20-21-22-23-24-25-26-27-28-29-30-31-32-33-34-35-36-38-40-42-44-46-48-50-55(58)60-53(51-56)52-59-54(57)49-47-45-43-41-39-37-16-14-12-10-8-6-4-2/h5-8,11-14,17-18,20-21,23-24,26-27,37,39,43,45,53,56H,3-4,9-10,15-16,19,22,25,28-36,38,40-42,44,46-52H2,1-2H3/b7-5-,8-6-,13-11-,14-12-,18-17-,21-20-,24-23-,27-26-,39-37-,45-43-. The smallest absolute Gasteiger partial charge is 0.306 e. The van der Waals surface area contributed by atoms with Crippen LogP contribution in [0.15, 0.2) is 122 Å². The molecule has 60 heavy (non-hydrogen) atoms. The maximum atomic E-state index is 12.2. The number of aliphatic hydroxyl groups is 1. The Bertz CT molecular complexity index is 1260. The van der Waals surface area contributed by atoms with Crippen LogP contribution in [-0.2, 0) is 19.1 Å². The highest BCUT2D eigenvalue weighted by Crippen LogP contribution is 2.14. The molecule has 0 saturated carbocycles. The molecule has 5 heteroatoms. The van der Waals surface area contributed by atoms with Crippen molar-refractivity contribution in [2.75, 3.05) is 13.2 Å². The van der Waals surface area contributed by atoms with Gasteiger partial charge in [-0.1, -0.05) is 212 Å². The van der Waals surface area contributed by atoms with E-state index in [0.717, 1.165) is 83.5 Å². The molecular weight excluding hydrogens is 741 g/mol. The van der Waals surface area contributed by atoms with Crippen LogP contribution in [0.2, 0.25) is 0 Å². The third-order valence-electron chi connectivity index (χ3n) is 9.76. The zero-order chi connectivity index (χ0) is 43.5. The molecule has 0 bridgehead atoms. The molecule has 0 aromatic rings. The Kier molecular flexibility index (Phi) is 46.6. The summed E-state index contributed by atoms with van der Waals surface area (Å²) in [7, 11) is 0. The highest BCUT2D eigenvalue weighted by molar-refractivity contribution is 5.70. The van der Waals surface area contributed by atoms with Crippen molar-refractivity contribution in [2.24, 2.45) is 0 Å². The summed E-state index contributed by atoms with van der Waals surface area (Å²) in [6.45, 7) is 3.83. The number of hydrogen-bond acceptors (Lipinski definition) is 5. The second-order valence-corrected chi connectivity index (χ2v) is 15.4. The van der Waals surface area contributed by atoms with Crippen LogP contribution in [0, 0.1) is 0 Å². The zero-order valence-corrected chi connectivity index (χ0v) is 38.4. The van der Waals surface area contributed by atoms with Gasteiger partial charge < -0.3 is 14.6 Å². The highest BCUT2D eigenvalue weighted by Gasteiger charge is 2.15. The summed E-state index contributed by atoms with van der Waals surface area (Å²) >= 11 is 0. The number of unbranched alkanes of at least 4 members (excludes halogenated alkanes) is 14. The SMILES string of the molecule is CC/C=C\C/C=C\C/C=C\C/C=C\C/C=C\C/C=C\CCCCCCCCCCCCCCCCC(=O)OC(CO)COC(=O)CC/C=C\C/C=C\C/C=C\C/C=C\CC. The number of hydrogen-bond donors (Lipinski definition) is 1. The normalized spacial score (nSPS) is 13.3. The van der Waals surface area contributed by atoms with Crippen molar-refractivity contribution in [3.63, 3.8) is 0 Å². The first-order valence-electron chi connectivity index (χ1n) is 24.1. The van der Waals surface area contributed by atoms with Crippen LogP contribution in [0.3, 0.4) is 0 Å². The summed E-state index contributed by atoms with van der Waals surface area (Å²) in [5.74, 6) is -0.694. The van der Waals surface area contributed by atoms with Gasteiger partial charge in [-0.05, 0) is 89.9 Å². The van der Waals surface area contributed by atoms with Crippen molar-refractivity contribution in [3.05, 3.63) is 122 Å². The molecule has 0 aromatic carbocycles. The maximum Gasteiger partial charge on any atom is 0.306 e. The molecule has 0 aliphatic rings. The molecule has 0 fully saturated rings. The predicted octanol–water partition coefficient (Wildman–Crippen LogP) is 16.0. The van der Waals surface area contributed by atoms with E-state index >= 15 is 0 Å². The van der Waals surface area contributed by atoms with E-state index in [4.69, 9.17) is 9.47 Å². The summed E-state index contributed by atoms with van der Waals surface area (Å²) < 4.78 is 10.6. The Hall–Kier alpha value is -3.70. The van der Waals surface area contributed by atoms with Gasteiger partial charge in [0.1, 0.15) is 6.61 Å². The molecule has 0 rings (SSSR count). The average Bonchev–Trinajstić information content (AvgIpc) is 3.25. The fourth-order valence-electron chi connectivity index (χ4n) is 6.22. The molecule has 0 saturated heterocycles. The minimum absolute atomic E-state index is 0.110. The molecule has 0 aliphatic carbocycles. The van der Waals surface area contributed by atoms with Gasteiger partial charge >= 0.3 is 11.9 Å². The van der Waals surface area contributed by atoms with Crippen molar-refractivity contribution in [2.45, 2.75) is 200 Å². The minimum atomic E-state index is -0.808. The first kappa shape index (κ1) is 56.3. The Labute approximate surface area is 369 Å². The van der Waals surface area contributed by atoms with Crippen LogP contribution < -0.4 is 0 Å². The van der Waals surface area contributed by atoms with Gasteiger partial charge in [-0.3, -0.25) is 9.59 Å². The molecule has 0 amide bonds. The molecule has 1 N–H and O–H groups in total. The van der Waals surface area contributed by atoms with E-state index in [1.165, 1.54) is 77.0 Å². The summed E-state index contributed by atoms with van der Waals surface area (Å²) in [6, 6.07) is 0. The van der Waals surface area contributed by atoms with Crippen molar-refractivity contribution in [1.29, 1.82) is 0 Å². The van der Waals surface area contributed by atoms with Gasteiger partial charge in [0, 0.05) is 12.8 Å². The van der Waals surface area contributed by atoms with E-state index in [0.29, 0.717) is 12.8 Å². The fraction of sp³-hybridized carbons (Fsp3) is 0.600. The largest absolute Gasteiger partial charge is 0.462 e. The highest BCUT2D eigenvalue weighted by atomic mass is 16.6. The number of ether oxygens (including phenoxy) is 2. The number of allylic oxidation sites excluding steroid dienone is 20. The van der Waals surface area contributed by atoms with Crippen LogP contribution in [0.5, 0.6) is 0 Å². The van der Waals surface area contributed by atoms with Crippen molar-refractivity contribution in [3.8, 4) is 0 Å². The van der Waals surface area contributed by atoms with Gasteiger partial charge in [0.15, 0.2) is 6.10 Å². The number of carbonyl (C=O) groups is 2. The summed E-state index contributed by atoms with van der Waals surface area (Å²) in [5.41, 5.74) is 0. The van der Waals surface area contributed by atoms with Gasteiger partial charge in [-0.2, -0.15) is 0 Å². The van der Waals surface area contributed by atoms with E-state index < -0.39 is 6.10 Å². The van der Waals surface area contributed by atoms with E-state index in [1.54, 1.807) is 0 Å². The number of carbonyl (C=O) groups excluding carboxylic acids is 2. The van der Waals surface area contributed by atoms with Crippen LogP contribution in [-0.4, -0.2) is 36.4 Å². The number of esters is 2. The van der Waals surface area contributed by atoms with Crippen molar-refractivity contribution >= 4 is 11.9 Å². The molecule has 0 heterocycles. The Morgan fingerprint density at radius 3 is 1.07 bits per heavy atom. The zero-order valence-electron chi connectivity index (χ0n) is 38.4. The average molecular weight is 829 g/mol. The molecular formula is C55H88O5. The van der Waals surface area contributed by atoms with Crippen LogP contribution in [0.25, 0.3) is 0 Å². The fourth-order valence-corrected chi connectivity index (χ4v) is 6.22. The van der Waals surface area contributed by atoms with E-state index in [9.17, 15) is 14.7 Å². The quantitative estimate of drug-likeness (QED) is 0.0377. The minimum Gasteiger partial charge on any atom is -0.462 e. The van der Waals surface area contributed by atoms with Gasteiger partial charge in [0.05, 0.1) is 6.61 Å². The first-order chi connectivity index (χ1) is 29.6. The van der Waals surface area contributed by atoms with Crippen molar-refractivity contribution < 1.29 is 24.2 Å².